The second kappa shape index (κ2) is 42.4. The van der Waals surface area contributed by atoms with Crippen molar-refractivity contribution in [2.45, 2.75) is 222 Å². The van der Waals surface area contributed by atoms with Crippen LogP contribution in [0, 0.1) is 11.8 Å². The van der Waals surface area contributed by atoms with Crippen LogP contribution in [0.4, 0.5) is 9.59 Å². The van der Waals surface area contributed by atoms with Crippen molar-refractivity contribution in [3.05, 3.63) is 0 Å². The van der Waals surface area contributed by atoms with Crippen molar-refractivity contribution in [1.82, 2.24) is 9.80 Å². The highest BCUT2D eigenvalue weighted by molar-refractivity contribution is 5.69. The highest BCUT2D eigenvalue weighted by atomic mass is 16.7. The molecular weight excluding hydrogens is 789 g/mol. The maximum atomic E-state index is 12.7. The van der Waals surface area contributed by atoms with Crippen LogP contribution in [-0.4, -0.2) is 112 Å². The lowest BCUT2D eigenvalue weighted by Crippen LogP contribution is -2.39. The minimum atomic E-state index is -0.724. The zero-order chi connectivity index (χ0) is 46.1. The molecule has 0 aromatic carbocycles. The van der Waals surface area contributed by atoms with Crippen LogP contribution in [0.2, 0.25) is 0 Å². The number of ether oxygens (including phenoxy) is 6. The third-order valence-corrected chi connectivity index (χ3v) is 12.0. The fourth-order valence-electron chi connectivity index (χ4n) is 7.58. The van der Waals surface area contributed by atoms with Crippen LogP contribution in [0.5, 0.6) is 0 Å². The molecule has 0 fully saturated rings. The van der Waals surface area contributed by atoms with E-state index in [0.29, 0.717) is 96.1 Å². The molecule has 0 saturated carbocycles. The summed E-state index contributed by atoms with van der Waals surface area (Å²) in [6.45, 7) is 22.4. The van der Waals surface area contributed by atoms with E-state index in [2.05, 4.69) is 51.3 Å². The molecule has 0 bridgehead atoms. The van der Waals surface area contributed by atoms with Crippen LogP contribution in [0.15, 0.2) is 0 Å². The SMILES string of the molecule is CCCCCC(CCCCC)COC(=O)CCCC(CC)OC(=O)OCCN(CCOC(=O)OC(CC)CCCC(=O)OCC(CCCCC)CCCCC)CCN(CC)CC. The Balaban J connectivity index is 4.75. The van der Waals surface area contributed by atoms with Gasteiger partial charge >= 0.3 is 24.2 Å². The fourth-order valence-corrected chi connectivity index (χ4v) is 7.58. The summed E-state index contributed by atoms with van der Waals surface area (Å²) in [5.74, 6) is 0.486. The van der Waals surface area contributed by atoms with Gasteiger partial charge in [0, 0.05) is 39.0 Å². The smallest absolute Gasteiger partial charge is 0.465 e. The summed E-state index contributed by atoms with van der Waals surface area (Å²) < 4.78 is 33.5. The Morgan fingerprint density at radius 3 is 1.08 bits per heavy atom. The van der Waals surface area contributed by atoms with Crippen molar-refractivity contribution in [3.63, 3.8) is 0 Å². The van der Waals surface area contributed by atoms with E-state index >= 15 is 0 Å². The van der Waals surface area contributed by atoms with Gasteiger partial charge in [-0.1, -0.05) is 132 Å². The second-order valence-electron chi connectivity index (χ2n) is 17.2. The molecule has 2 atom stereocenters. The quantitative estimate of drug-likeness (QED) is 0.0328. The number of esters is 2. The summed E-state index contributed by atoms with van der Waals surface area (Å²) in [6.07, 6.45) is 20.7. The van der Waals surface area contributed by atoms with Crippen molar-refractivity contribution in [1.29, 1.82) is 0 Å². The third-order valence-electron chi connectivity index (χ3n) is 12.0. The molecule has 0 aliphatic carbocycles. The molecule has 0 aliphatic heterocycles. The summed E-state index contributed by atoms with van der Waals surface area (Å²) in [5, 5.41) is 0. The van der Waals surface area contributed by atoms with Crippen molar-refractivity contribution in [2.75, 3.05) is 65.7 Å². The lowest BCUT2D eigenvalue weighted by atomic mass is 9.96. The Labute approximate surface area is 379 Å². The molecule has 62 heavy (non-hydrogen) atoms. The molecule has 2 unspecified atom stereocenters. The Bertz CT molecular complexity index is 980. The highest BCUT2D eigenvalue weighted by Crippen LogP contribution is 2.21. The first-order chi connectivity index (χ1) is 30.1. The minimum absolute atomic E-state index is 0.126. The average molecular weight is 885 g/mol. The normalized spacial score (nSPS) is 12.5. The van der Waals surface area contributed by atoms with Crippen LogP contribution >= 0.6 is 0 Å². The van der Waals surface area contributed by atoms with E-state index in [1.54, 1.807) is 0 Å². The topological polar surface area (TPSA) is 130 Å². The van der Waals surface area contributed by atoms with E-state index in [9.17, 15) is 19.2 Å². The van der Waals surface area contributed by atoms with Gasteiger partial charge in [0.1, 0.15) is 25.4 Å². The largest absolute Gasteiger partial charge is 0.508 e. The maximum Gasteiger partial charge on any atom is 0.508 e. The van der Waals surface area contributed by atoms with Crippen LogP contribution in [0.3, 0.4) is 0 Å². The number of unbranched alkanes of at least 4 members (excludes halogenated alkanes) is 8. The van der Waals surface area contributed by atoms with E-state index in [0.717, 1.165) is 45.3 Å². The highest BCUT2D eigenvalue weighted by Gasteiger charge is 2.19. The van der Waals surface area contributed by atoms with Crippen LogP contribution in [-0.2, 0) is 38.0 Å². The molecule has 0 heterocycles. The van der Waals surface area contributed by atoms with Crippen LogP contribution < -0.4 is 0 Å². The first-order valence-electron chi connectivity index (χ1n) is 25.5. The molecule has 0 rings (SSSR count). The Morgan fingerprint density at radius 2 is 0.758 bits per heavy atom. The number of carbonyl (C=O) groups is 4. The number of hydrogen-bond acceptors (Lipinski definition) is 12. The summed E-state index contributed by atoms with van der Waals surface area (Å²) >= 11 is 0. The van der Waals surface area contributed by atoms with Gasteiger partial charge in [-0.15, -0.1) is 0 Å². The van der Waals surface area contributed by atoms with E-state index in [4.69, 9.17) is 28.4 Å². The fraction of sp³-hybridized carbons (Fsp3) is 0.920. The van der Waals surface area contributed by atoms with E-state index in [-0.39, 0.29) is 37.4 Å². The third kappa shape index (κ3) is 34.8. The van der Waals surface area contributed by atoms with Crippen molar-refractivity contribution >= 4 is 24.2 Å². The maximum absolute atomic E-state index is 12.7. The summed E-state index contributed by atoms with van der Waals surface area (Å²) in [5.41, 5.74) is 0. The number of rotatable bonds is 43. The van der Waals surface area contributed by atoms with Crippen molar-refractivity contribution in [3.8, 4) is 0 Å². The van der Waals surface area contributed by atoms with Gasteiger partial charge in [0.2, 0.25) is 0 Å². The van der Waals surface area contributed by atoms with Gasteiger partial charge in [0.05, 0.1) is 13.2 Å². The van der Waals surface area contributed by atoms with Gasteiger partial charge in [-0.3, -0.25) is 14.5 Å². The van der Waals surface area contributed by atoms with E-state index in [1.807, 2.05) is 13.8 Å². The molecule has 0 spiro atoms. The number of likely N-dealkylation sites (N-methyl/N-ethyl adjacent to an activating group) is 1. The first kappa shape index (κ1) is 59.4. The lowest BCUT2D eigenvalue weighted by Gasteiger charge is -2.26. The molecule has 0 amide bonds. The molecule has 0 aliphatic rings. The standard InChI is InChI=1S/C50H96N2O10/c1-9-17-21-27-43(28-22-18-10-2)41-59-47(53)33-25-31-45(13-5)61-49(55)57-39-37-52(36-35-51(15-7)16-8)38-40-58-50(56)62-46(14-6)32-26-34-48(54)60-42-44(29-23-19-11-3)30-24-20-12-4/h43-46H,9-42H2,1-8H3. The van der Waals surface area contributed by atoms with Crippen LogP contribution in [0.25, 0.3) is 0 Å². The average Bonchev–Trinajstić information content (AvgIpc) is 3.26. The Kier molecular flexibility index (Phi) is 40.6. The molecule has 0 aromatic heterocycles. The van der Waals surface area contributed by atoms with Gasteiger partial charge in [-0.2, -0.15) is 0 Å². The van der Waals surface area contributed by atoms with Gasteiger partial charge in [-0.25, -0.2) is 9.59 Å². The number of hydrogen-bond donors (Lipinski definition) is 0. The predicted molar refractivity (Wildman–Crippen MR) is 250 cm³/mol. The van der Waals surface area contributed by atoms with Gasteiger partial charge in [-0.05, 0) is 89.1 Å². The molecular formula is C50H96N2O10. The Morgan fingerprint density at radius 1 is 0.403 bits per heavy atom. The zero-order valence-corrected chi connectivity index (χ0v) is 41.3. The molecule has 0 saturated heterocycles. The molecule has 0 radical (unpaired) electrons. The predicted octanol–water partition coefficient (Wildman–Crippen LogP) is 12.5. The molecule has 0 aromatic rings. The van der Waals surface area contributed by atoms with Gasteiger partial charge < -0.3 is 33.3 Å². The lowest BCUT2D eigenvalue weighted by molar-refractivity contribution is -0.146. The molecule has 12 nitrogen and oxygen atoms in total. The monoisotopic (exact) mass is 885 g/mol. The first-order valence-corrected chi connectivity index (χ1v) is 25.5. The summed E-state index contributed by atoms with van der Waals surface area (Å²) in [4.78, 5) is 54.8. The van der Waals surface area contributed by atoms with Gasteiger partial charge in [0.25, 0.3) is 0 Å². The Hall–Kier alpha value is -2.60. The van der Waals surface area contributed by atoms with E-state index < -0.39 is 12.3 Å². The van der Waals surface area contributed by atoms with Gasteiger partial charge in [0.15, 0.2) is 0 Å². The van der Waals surface area contributed by atoms with Crippen LogP contribution in [0.1, 0.15) is 209 Å². The molecule has 366 valence electrons. The number of carbonyl (C=O) groups excluding carboxylic acids is 4. The summed E-state index contributed by atoms with van der Waals surface area (Å²) in [7, 11) is 0. The van der Waals surface area contributed by atoms with Crippen molar-refractivity contribution in [2.24, 2.45) is 11.8 Å². The second-order valence-corrected chi connectivity index (χ2v) is 17.2. The van der Waals surface area contributed by atoms with E-state index in [1.165, 1.54) is 77.0 Å². The minimum Gasteiger partial charge on any atom is -0.465 e. The summed E-state index contributed by atoms with van der Waals surface area (Å²) in [6, 6.07) is 0. The van der Waals surface area contributed by atoms with Crippen molar-refractivity contribution < 1.29 is 47.6 Å². The molecule has 0 N–H and O–H groups in total. The zero-order valence-electron chi connectivity index (χ0n) is 41.3. The molecule has 12 heteroatoms. The number of nitrogens with zero attached hydrogens (tertiary/aromatic N) is 2.